The Balaban J connectivity index is 2.68. The Morgan fingerprint density at radius 1 is 1.68 bits per heavy atom. The van der Waals surface area contributed by atoms with Crippen LogP contribution < -0.4 is 4.90 Å². The van der Waals surface area contributed by atoms with Crippen LogP contribution in [0.2, 0.25) is 0 Å². The molecule has 5 heteroatoms. The molecule has 0 aromatic heterocycles. The first-order valence-electron chi connectivity index (χ1n) is 6.80. The van der Waals surface area contributed by atoms with Crippen molar-refractivity contribution in [1.29, 1.82) is 5.26 Å². The van der Waals surface area contributed by atoms with Crippen molar-refractivity contribution < 1.29 is 17.1 Å². The van der Waals surface area contributed by atoms with Crippen molar-refractivity contribution >= 4 is 17.6 Å². The Bertz CT molecular complexity index is 658. The molecule has 98 valence electrons. The SMILES string of the molecule is [2H]C(C#N)(C(=O)OCC)C1([2H])C(=O)N(C)c2ccccc21. The summed E-state index contributed by atoms with van der Waals surface area (Å²) in [6.07, 6.45) is 0. The molecule has 2 unspecified atom stereocenters. The van der Waals surface area contributed by atoms with E-state index in [1.54, 1.807) is 18.2 Å². The molecule has 1 aromatic carbocycles. The highest BCUT2D eigenvalue weighted by molar-refractivity contribution is 6.07. The monoisotopic (exact) mass is 260 g/mol. The number of benzene rings is 1. The second-order valence-electron chi connectivity index (χ2n) is 3.96. The van der Waals surface area contributed by atoms with Gasteiger partial charge in [-0.25, -0.2) is 0 Å². The molecule has 5 nitrogen and oxygen atoms in total. The molecule has 0 radical (unpaired) electrons. The molecule has 0 aliphatic carbocycles. The second kappa shape index (κ2) is 5.11. The number of rotatable bonds is 3. The van der Waals surface area contributed by atoms with Crippen LogP contribution in [0.25, 0.3) is 0 Å². The van der Waals surface area contributed by atoms with Crippen LogP contribution in [-0.4, -0.2) is 25.5 Å². The molecule has 0 N–H and O–H groups in total. The van der Waals surface area contributed by atoms with Crippen LogP contribution in [0.15, 0.2) is 24.3 Å². The summed E-state index contributed by atoms with van der Waals surface area (Å²) in [5, 5.41) is 9.31. The molecule has 0 saturated heterocycles. The van der Waals surface area contributed by atoms with Gasteiger partial charge in [0.1, 0.15) is 0 Å². The zero-order chi connectivity index (χ0) is 15.8. The number of fused-ring (bicyclic) bond motifs is 1. The van der Waals surface area contributed by atoms with Gasteiger partial charge < -0.3 is 9.64 Å². The van der Waals surface area contributed by atoms with Crippen LogP contribution in [0, 0.1) is 17.2 Å². The Hall–Kier alpha value is -2.35. The van der Waals surface area contributed by atoms with Crippen molar-refractivity contribution in [3.8, 4) is 6.07 Å². The van der Waals surface area contributed by atoms with Gasteiger partial charge in [-0.2, -0.15) is 5.26 Å². The minimum atomic E-state index is -2.67. The normalized spacial score (nSPS) is 25.7. The summed E-state index contributed by atoms with van der Waals surface area (Å²) in [6.45, 7) is 1.49. The van der Waals surface area contributed by atoms with Crippen LogP contribution >= 0.6 is 0 Å². The lowest BCUT2D eigenvalue weighted by molar-refractivity contribution is -0.148. The van der Waals surface area contributed by atoms with Gasteiger partial charge in [0.2, 0.25) is 5.91 Å². The Morgan fingerprint density at radius 2 is 2.37 bits per heavy atom. The Kier molecular flexibility index (Phi) is 2.84. The number of para-hydroxylation sites is 1. The van der Waals surface area contributed by atoms with Gasteiger partial charge in [0.05, 0.1) is 19.9 Å². The molecule has 1 aliphatic heterocycles. The smallest absolute Gasteiger partial charge is 0.324 e. The topological polar surface area (TPSA) is 70.4 Å². The fourth-order valence-corrected chi connectivity index (χ4v) is 2.02. The third-order valence-corrected chi connectivity index (χ3v) is 2.89. The first-order valence-corrected chi connectivity index (χ1v) is 5.80. The zero-order valence-electron chi connectivity index (χ0n) is 12.6. The largest absolute Gasteiger partial charge is 0.465 e. The molecule has 1 amide bonds. The van der Waals surface area contributed by atoms with Gasteiger partial charge in [-0.15, -0.1) is 0 Å². The van der Waals surface area contributed by atoms with Crippen LogP contribution in [0.5, 0.6) is 0 Å². The first kappa shape index (κ1) is 10.6. The summed E-state index contributed by atoms with van der Waals surface area (Å²) in [6, 6.07) is 7.85. The molecular weight excluding hydrogens is 244 g/mol. The van der Waals surface area contributed by atoms with Crippen LogP contribution in [0.3, 0.4) is 0 Å². The highest BCUT2D eigenvalue weighted by atomic mass is 16.5. The molecule has 1 heterocycles. The number of carbonyl (C=O) groups is 2. The maximum atomic E-state index is 12.5. The summed E-state index contributed by atoms with van der Waals surface area (Å²) in [7, 11) is 1.44. The molecule has 0 fully saturated rings. The minimum absolute atomic E-state index is 0.0388. The number of likely N-dealkylation sites (N-methyl/N-ethyl adjacent to an activating group) is 1. The number of amides is 1. The minimum Gasteiger partial charge on any atom is -0.465 e. The molecular formula is C14H14N2O3. The lowest BCUT2D eigenvalue weighted by atomic mass is 9.88. The average molecular weight is 260 g/mol. The van der Waals surface area contributed by atoms with Gasteiger partial charge in [0, 0.05) is 14.1 Å². The van der Waals surface area contributed by atoms with E-state index in [1.165, 1.54) is 31.0 Å². The summed E-state index contributed by atoms with van der Waals surface area (Å²) >= 11 is 0. The summed E-state index contributed by atoms with van der Waals surface area (Å²) in [4.78, 5) is 25.7. The van der Waals surface area contributed by atoms with Crippen molar-refractivity contribution in [1.82, 2.24) is 0 Å². The van der Waals surface area contributed by atoms with Gasteiger partial charge >= 0.3 is 5.97 Å². The lowest BCUT2D eigenvalue weighted by Gasteiger charge is -2.15. The molecule has 0 spiro atoms. The van der Waals surface area contributed by atoms with Crippen molar-refractivity contribution in [3.05, 3.63) is 29.8 Å². The maximum Gasteiger partial charge on any atom is 0.324 e. The van der Waals surface area contributed by atoms with Gasteiger partial charge in [-0.05, 0) is 18.6 Å². The molecule has 1 aromatic rings. The third-order valence-electron chi connectivity index (χ3n) is 2.89. The fraction of sp³-hybridized carbons (Fsp3) is 0.357. The van der Waals surface area contributed by atoms with E-state index in [4.69, 9.17) is 7.48 Å². The van der Waals surface area contributed by atoms with E-state index in [9.17, 15) is 14.9 Å². The standard InChI is InChI=1S/C14H14N2O3/c1-3-19-14(18)10(8-15)12-9-6-4-5-7-11(9)16(2)13(12)17/h4-7,10,12H,3H2,1-2H3/i10D,12D. The lowest BCUT2D eigenvalue weighted by Crippen LogP contribution is -2.31. The van der Waals surface area contributed by atoms with Gasteiger partial charge in [0.15, 0.2) is 5.89 Å². The van der Waals surface area contributed by atoms with E-state index in [0.29, 0.717) is 5.69 Å². The number of nitriles is 1. The Labute approximate surface area is 114 Å². The van der Waals surface area contributed by atoms with Crippen molar-refractivity contribution in [3.63, 3.8) is 0 Å². The number of esters is 1. The van der Waals surface area contributed by atoms with E-state index >= 15 is 0 Å². The van der Waals surface area contributed by atoms with Crippen LogP contribution in [0.1, 0.15) is 21.1 Å². The molecule has 2 rings (SSSR count). The predicted octanol–water partition coefficient (Wildman–Crippen LogP) is 1.45. The Morgan fingerprint density at radius 3 is 3.00 bits per heavy atom. The fourth-order valence-electron chi connectivity index (χ4n) is 2.02. The number of nitrogens with zero attached hydrogens (tertiary/aromatic N) is 2. The van der Waals surface area contributed by atoms with Crippen LogP contribution in [-0.2, 0) is 14.3 Å². The number of ether oxygens (including phenoxy) is 1. The third kappa shape index (κ3) is 2.06. The molecule has 1 aliphatic rings. The van der Waals surface area contributed by atoms with Crippen molar-refractivity contribution in [2.75, 3.05) is 18.6 Å². The van der Waals surface area contributed by atoms with Crippen molar-refractivity contribution in [2.24, 2.45) is 5.89 Å². The summed E-state index contributed by atoms with van der Waals surface area (Å²) in [5.74, 6) is -7.01. The number of anilines is 1. The number of hydrogen-bond acceptors (Lipinski definition) is 4. The second-order valence-corrected chi connectivity index (χ2v) is 3.96. The zero-order valence-corrected chi connectivity index (χ0v) is 10.6. The molecule has 19 heavy (non-hydrogen) atoms. The molecule has 0 bridgehead atoms. The average Bonchev–Trinajstić information content (AvgIpc) is 2.70. The van der Waals surface area contributed by atoms with E-state index in [1.807, 2.05) is 0 Å². The quantitative estimate of drug-likeness (QED) is 0.771. The predicted molar refractivity (Wildman–Crippen MR) is 68.3 cm³/mol. The summed E-state index contributed by atoms with van der Waals surface area (Å²) < 4.78 is 21.3. The highest BCUT2D eigenvalue weighted by Gasteiger charge is 2.44. The number of carbonyl (C=O) groups excluding carboxylic acids is 2. The number of hydrogen-bond donors (Lipinski definition) is 0. The van der Waals surface area contributed by atoms with Crippen molar-refractivity contribution in [2.45, 2.75) is 12.8 Å². The maximum absolute atomic E-state index is 12.5. The van der Waals surface area contributed by atoms with Gasteiger partial charge in [-0.1, -0.05) is 18.2 Å². The van der Waals surface area contributed by atoms with Gasteiger partial charge in [0.25, 0.3) is 0 Å². The summed E-state index contributed by atoms with van der Waals surface area (Å²) in [5.41, 5.74) is 0.566. The molecule has 0 saturated carbocycles. The van der Waals surface area contributed by atoms with E-state index in [2.05, 4.69) is 0 Å². The van der Waals surface area contributed by atoms with Crippen LogP contribution in [0.4, 0.5) is 5.69 Å². The van der Waals surface area contributed by atoms with E-state index in [0.717, 1.165) is 0 Å². The molecule has 2 atom stereocenters. The highest BCUT2D eigenvalue weighted by Crippen LogP contribution is 2.40. The van der Waals surface area contributed by atoms with E-state index < -0.39 is 23.7 Å². The van der Waals surface area contributed by atoms with Gasteiger partial charge in [-0.3, -0.25) is 9.59 Å². The first-order chi connectivity index (χ1) is 9.84. The van der Waals surface area contributed by atoms with E-state index in [-0.39, 0.29) is 12.2 Å².